The molecular formula is C17H15BrN2S. The van der Waals surface area contributed by atoms with Gasteiger partial charge >= 0.3 is 0 Å². The van der Waals surface area contributed by atoms with Crippen molar-refractivity contribution >= 4 is 33.0 Å². The lowest BCUT2D eigenvalue weighted by Gasteiger charge is -2.16. The minimum absolute atomic E-state index is 0.254. The number of thiazole rings is 1. The van der Waals surface area contributed by atoms with Gasteiger partial charge in [-0.05, 0) is 36.8 Å². The van der Waals surface area contributed by atoms with Crippen molar-refractivity contribution in [1.29, 1.82) is 0 Å². The van der Waals surface area contributed by atoms with Crippen LogP contribution in [0.15, 0.2) is 64.6 Å². The lowest BCUT2D eigenvalue weighted by atomic mass is 10.1. The van der Waals surface area contributed by atoms with Crippen LogP contribution in [0.3, 0.4) is 0 Å². The average Bonchev–Trinajstić information content (AvgIpc) is 3.02. The van der Waals surface area contributed by atoms with Crippen molar-refractivity contribution in [2.45, 2.75) is 13.0 Å². The zero-order valence-electron chi connectivity index (χ0n) is 11.6. The van der Waals surface area contributed by atoms with E-state index in [-0.39, 0.29) is 6.04 Å². The SMILES string of the molecule is CC(Nc1cccc(-c2nccs2)c1)c1ccc(Br)cc1. The van der Waals surface area contributed by atoms with Crippen LogP contribution >= 0.6 is 27.3 Å². The number of rotatable bonds is 4. The Balaban J connectivity index is 1.78. The number of anilines is 1. The fraction of sp³-hybridized carbons (Fsp3) is 0.118. The molecule has 0 bridgehead atoms. The summed E-state index contributed by atoms with van der Waals surface area (Å²) in [6.45, 7) is 2.17. The smallest absolute Gasteiger partial charge is 0.123 e. The molecule has 1 atom stereocenters. The van der Waals surface area contributed by atoms with Gasteiger partial charge in [-0.3, -0.25) is 0 Å². The standard InChI is InChI=1S/C17H15BrN2S/c1-12(13-5-7-15(18)8-6-13)20-16-4-2-3-14(11-16)17-19-9-10-21-17/h2-12,20H,1H3. The van der Waals surface area contributed by atoms with Gasteiger partial charge in [0.15, 0.2) is 0 Å². The number of halogens is 1. The predicted octanol–water partition coefficient (Wildman–Crippen LogP) is 5.75. The van der Waals surface area contributed by atoms with Crippen LogP contribution in [-0.4, -0.2) is 4.98 Å². The summed E-state index contributed by atoms with van der Waals surface area (Å²) < 4.78 is 1.10. The van der Waals surface area contributed by atoms with Crippen LogP contribution in [0.2, 0.25) is 0 Å². The highest BCUT2D eigenvalue weighted by molar-refractivity contribution is 9.10. The van der Waals surface area contributed by atoms with E-state index in [0.717, 1.165) is 20.7 Å². The Kier molecular flexibility index (Phi) is 4.36. The van der Waals surface area contributed by atoms with Gasteiger partial charge in [-0.15, -0.1) is 11.3 Å². The normalized spacial score (nSPS) is 12.1. The van der Waals surface area contributed by atoms with Gasteiger partial charge in [-0.1, -0.05) is 40.2 Å². The highest BCUT2D eigenvalue weighted by atomic mass is 79.9. The highest BCUT2D eigenvalue weighted by Gasteiger charge is 2.07. The van der Waals surface area contributed by atoms with Crippen molar-refractivity contribution in [3.8, 4) is 10.6 Å². The summed E-state index contributed by atoms with van der Waals surface area (Å²) in [6, 6.07) is 17.0. The van der Waals surface area contributed by atoms with E-state index in [4.69, 9.17) is 0 Å². The Bertz CT molecular complexity index is 708. The topological polar surface area (TPSA) is 24.9 Å². The van der Waals surface area contributed by atoms with Gasteiger partial charge in [0, 0.05) is 33.3 Å². The lowest BCUT2D eigenvalue weighted by Crippen LogP contribution is -2.06. The second-order valence-electron chi connectivity index (χ2n) is 4.84. The van der Waals surface area contributed by atoms with Crippen LogP contribution < -0.4 is 5.32 Å². The molecule has 0 aliphatic rings. The number of hydrogen-bond acceptors (Lipinski definition) is 3. The summed E-state index contributed by atoms with van der Waals surface area (Å²) in [5.74, 6) is 0. The van der Waals surface area contributed by atoms with Crippen LogP contribution in [0.4, 0.5) is 5.69 Å². The van der Waals surface area contributed by atoms with Crippen LogP contribution in [0.1, 0.15) is 18.5 Å². The van der Waals surface area contributed by atoms with Crippen molar-refractivity contribution in [3.63, 3.8) is 0 Å². The Morgan fingerprint density at radius 3 is 2.67 bits per heavy atom. The van der Waals surface area contributed by atoms with E-state index in [1.54, 1.807) is 11.3 Å². The molecule has 0 saturated heterocycles. The lowest BCUT2D eigenvalue weighted by molar-refractivity contribution is 0.884. The average molecular weight is 359 g/mol. The maximum atomic E-state index is 4.36. The molecular weight excluding hydrogens is 344 g/mol. The maximum absolute atomic E-state index is 4.36. The molecule has 1 N–H and O–H groups in total. The number of hydrogen-bond donors (Lipinski definition) is 1. The number of nitrogens with one attached hydrogen (secondary N) is 1. The van der Waals surface area contributed by atoms with Gasteiger partial charge in [-0.25, -0.2) is 4.98 Å². The number of aromatic nitrogens is 1. The Labute approximate surface area is 137 Å². The minimum Gasteiger partial charge on any atom is -0.379 e. The number of nitrogens with zero attached hydrogens (tertiary/aromatic N) is 1. The monoisotopic (exact) mass is 358 g/mol. The van der Waals surface area contributed by atoms with Crippen molar-refractivity contribution in [2.75, 3.05) is 5.32 Å². The number of benzene rings is 2. The van der Waals surface area contributed by atoms with Gasteiger partial charge < -0.3 is 5.32 Å². The largest absolute Gasteiger partial charge is 0.379 e. The van der Waals surface area contributed by atoms with Crippen molar-refractivity contribution in [2.24, 2.45) is 0 Å². The summed E-state index contributed by atoms with van der Waals surface area (Å²) in [4.78, 5) is 4.36. The van der Waals surface area contributed by atoms with Crippen LogP contribution in [0.5, 0.6) is 0 Å². The molecule has 3 aromatic rings. The molecule has 0 radical (unpaired) electrons. The third-order valence-electron chi connectivity index (χ3n) is 3.30. The first-order valence-electron chi connectivity index (χ1n) is 6.74. The van der Waals surface area contributed by atoms with E-state index < -0.39 is 0 Å². The van der Waals surface area contributed by atoms with Crippen molar-refractivity contribution in [3.05, 3.63) is 70.1 Å². The second-order valence-corrected chi connectivity index (χ2v) is 6.65. The van der Waals surface area contributed by atoms with Crippen molar-refractivity contribution in [1.82, 2.24) is 4.98 Å². The molecule has 2 aromatic carbocycles. The molecule has 0 spiro atoms. The second kappa shape index (κ2) is 6.41. The van der Waals surface area contributed by atoms with Crippen molar-refractivity contribution < 1.29 is 0 Å². The summed E-state index contributed by atoms with van der Waals surface area (Å²) in [5.41, 5.74) is 3.52. The quantitative estimate of drug-likeness (QED) is 0.642. The third kappa shape index (κ3) is 3.52. The van der Waals surface area contributed by atoms with Gasteiger partial charge in [0.05, 0.1) is 0 Å². The molecule has 0 fully saturated rings. The van der Waals surface area contributed by atoms with E-state index in [2.05, 4.69) is 81.7 Å². The maximum Gasteiger partial charge on any atom is 0.123 e. The van der Waals surface area contributed by atoms with Gasteiger partial charge in [0.1, 0.15) is 5.01 Å². The van der Waals surface area contributed by atoms with Crippen LogP contribution in [0.25, 0.3) is 10.6 Å². The van der Waals surface area contributed by atoms with E-state index in [1.807, 2.05) is 11.6 Å². The molecule has 0 amide bonds. The fourth-order valence-electron chi connectivity index (χ4n) is 2.19. The molecule has 21 heavy (non-hydrogen) atoms. The summed E-state index contributed by atoms with van der Waals surface area (Å²) in [6.07, 6.45) is 1.84. The van der Waals surface area contributed by atoms with E-state index in [0.29, 0.717) is 0 Å². The Morgan fingerprint density at radius 1 is 1.14 bits per heavy atom. The molecule has 1 heterocycles. The molecule has 1 aromatic heterocycles. The zero-order chi connectivity index (χ0) is 14.7. The molecule has 4 heteroatoms. The first-order chi connectivity index (χ1) is 10.2. The highest BCUT2D eigenvalue weighted by Crippen LogP contribution is 2.27. The summed E-state index contributed by atoms with van der Waals surface area (Å²) in [7, 11) is 0. The van der Waals surface area contributed by atoms with Gasteiger partial charge in [0.25, 0.3) is 0 Å². The molecule has 106 valence electrons. The Hall–Kier alpha value is -1.65. The summed E-state index contributed by atoms with van der Waals surface area (Å²) >= 11 is 5.12. The van der Waals surface area contributed by atoms with Crippen LogP contribution in [-0.2, 0) is 0 Å². The first kappa shape index (κ1) is 14.3. The van der Waals surface area contributed by atoms with Crippen LogP contribution in [0, 0.1) is 0 Å². The van der Waals surface area contributed by atoms with E-state index in [9.17, 15) is 0 Å². The molecule has 0 saturated carbocycles. The fourth-order valence-corrected chi connectivity index (χ4v) is 3.09. The summed E-state index contributed by atoms with van der Waals surface area (Å²) in [5, 5.41) is 6.59. The Morgan fingerprint density at radius 2 is 1.95 bits per heavy atom. The molecule has 0 aliphatic carbocycles. The molecule has 3 rings (SSSR count). The predicted molar refractivity (Wildman–Crippen MR) is 93.7 cm³/mol. The first-order valence-corrected chi connectivity index (χ1v) is 8.41. The van der Waals surface area contributed by atoms with Gasteiger partial charge in [-0.2, -0.15) is 0 Å². The van der Waals surface area contributed by atoms with E-state index >= 15 is 0 Å². The third-order valence-corrected chi connectivity index (χ3v) is 4.65. The molecule has 2 nitrogen and oxygen atoms in total. The minimum atomic E-state index is 0.254. The zero-order valence-corrected chi connectivity index (χ0v) is 14.0. The van der Waals surface area contributed by atoms with E-state index in [1.165, 1.54) is 5.56 Å². The molecule has 0 aliphatic heterocycles. The van der Waals surface area contributed by atoms with Gasteiger partial charge in [0.2, 0.25) is 0 Å². The molecule has 1 unspecified atom stereocenters.